The number of rotatable bonds is 3. The number of anilines is 1. The van der Waals surface area contributed by atoms with Gasteiger partial charge >= 0.3 is 0 Å². The molecule has 1 heterocycles. The number of pyridine rings is 1. The van der Waals surface area contributed by atoms with Crippen LogP contribution in [0.1, 0.15) is 0 Å². The van der Waals surface area contributed by atoms with E-state index in [1.54, 1.807) is 24.4 Å². The quantitative estimate of drug-likeness (QED) is 0.829. The summed E-state index contributed by atoms with van der Waals surface area (Å²) in [5, 5.41) is 0. The van der Waals surface area contributed by atoms with E-state index < -0.39 is 5.82 Å². The van der Waals surface area contributed by atoms with E-state index in [1.165, 1.54) is 19.2 Å². The number of hydrogen-bond donors (Lipinski definition) is 1. The van der Waals surface area contributed by atoms with E-state index in [2.05, 4.69) is 4.98 Å². The zero-order valence-electron chi connectivity index (χ0n) is 9.18. The Bertz CT molecular complexity index is 532. The number of aromatic nitrogens is 1. The van der Waals surface area contributed by atoms with Crippen molar-refractivity contribution in [2.24, 2.45) is 0 Å². The van der Waals surface area contributed by atoms with Crippen molar-refractivity contribution in [2.45, 2.75) is 0 Å². The Hall–Kier alpha value is -2.30. The summed E-state index contributed by atoms with van der Waals surface area (Å²) in [7, 11) is 1.51. The lowest BCUT2D eigenvalue weighted by molar-refractivity contribution is 0.392. The molecule has 17 heavy (non-hydrogen) atoms. The van der Waals surface area contributed by atoms with Crippen LogP contribution in [-0.2, 0) is 0 Å². The van der Waals surface area contributed by atoms with Gasteiger partial charge in [0.1, 0.15) is 17.3 Å². The maximum absolute atomic E-state index is 13.2. The number of nitrogens with two attached hydrogens (primary N) is 1. The molecule has 4 nitrogen and oxygen atoms in total. The average molecular weight is 234 g/mol. The predicted octanol–water partition coefficient (Wildman–Crippen LogP) is 2.60. The Morgan fingerprint density at radius 2 is 1.94 bits per heavy atom. The molecular weight excluding hydrogens is 223 g/mol. The normalized spacial score (nSPS) is 10.0. The van der Waals surface area contributed by atoms with Crippen LogP contribution >= 0.6 is 0 Å². The minimum atomic E-state index is -0.511. The highest BCUT2D eigenvalue weighted by Gasteiger charge is 2.03. The SMILES string of the molecule is COc1cc(Oc2ccc(N)c(F)c2)ccn1. The van der Waals surface area contributed by atoms with Gasteiger partial charge in [-0.2, -0.15) is 0 Å². The van der Waals surface area contributed by atoms with E-state index in [4.69, 9.17) is 15.2 Å². The Kier molecular flexibility index (Phi) is 3.09. The molecule has 0 saturated heterocycles. The van der Waals surface area contributed by atoms with Crippen LogP contribution in [0.3, 0.4) is 0 Å². The van der Waals surface area contributed by atoms with Gasteiger partial charge in [0.25, 0.3) is 0 Å². The number of methoxy groups -OCH3 is 1. The van der Waals surface area contributed by atoms with Crippen molar-refractivity contribution in [1.29, 1.82) is 0 Å². The van der Waals surface area contributed by atoms with E-state index in [-0.39, 0.29) is 5.69 Å². The van der Waals surface area contributed by atoms with E-state index in [9.17, 15) is 4.39 Å². The number of ether oxygens (including phenoxy) is 2. The second kappa shape index (κ2) is 4.69. The van der Waals surface area contributed by atoms with Crippen LogP contribution < -0.4 is 15.2 Å². The number of hydrogen-bond acceptors (Lipinski definition) is 4. The van der Waals surface area contributed by atoms with Gasteiger partial charge in [-0.25, -0.2) is 9.37 Å². The molecule has 0 spiro atoms. The predicted molar refractivity (Wildman–Crippen MR) is 61.7 cm³/mol. The lowest BCUT2D eigenvalue weighted by Crippen LogP contribution is -1.92. The smallest absolute Gasteiger partial charge is 0.216 e. The molecule has 2 N–H and O–H groups in total. The van der Waals surface area contributed by atoms with E-state index in [0.717, 1.165) is 0 Å². The number of nitrogen functional groups attached to an aromatic ring is 1. The molecule has 5 heteroatoms. The monoisotopic (exact) mass is 234 g/mol. The van der Waals surface area contributed by atoms with Crippen LogP contribution in [0.2, 0.25) is 0 Å². The number of benzene rings is 1. The van der Waals surface area contributed by atoms with Gasteiger partial charge in [0.05, 0.1) is 12.8 Å². The van der Waals surface area contributed by atoms with Crippen molar-refractivity contribution in [3.8, 4) is 17.4 Å². The van der Waals surface area contributed by atoms with Gasteiger partial charge in [-0.15, -0.1) is 0 Å². The van der Waals surface area contributed by atoms with Crippen molar-refractivity contribution in [1.82, 2.24) is 4.98 Å². The van der Waals surface area contributed by atoms with E-state index in [1.807, 2.05) is 0 Å². The average Bonchev–Trinajstić information content (AvgIpc) is 2.34. The maximum atomic E-state index is 13.2. The summed E-state index contributed by atoms with van der Waals surface area (Å²) in [6.45, 7) is 0. The van der Waals surface area contributed by atoms with Crippen LogP contribution in [0.5, 0.6) is 17.4 Å². The van der Waals surface area contributed by atoms with Crippen molar-refractivity contribution in [3.63, 3.8) is 0 Å². The van der Waals surface area contributed by atoms with Gasteiger partial charge in [0, 0.05) is 18.3 Å². The van der Waals surface area contributed by atoms with Crippen LogP contribution in [0.15, 0.2) is 36.5 Å². The standard InChI is InChI=1S/C12H11FN2O2/c1-16-12-7-9(4-5-15-12)17-8-2-3-11(14)10(13)6-8/h2-7H,14H2,1H3. The first-order valence-electron chi connectivity index (χ1n) is 4.92. The molecule has 0 unspecified atom stereocenters. The molecule has 0 aliphatic carbocycles. The topological polar surface area (TPSA) is 57.4 Å². The molecule has 0 bridgehead atoms. The van der Waals surface area contributed by atoms with E-state index >= 15 is 0 Å². The zero-order valence-corrected chi connectivity index (χ0v) is 9.18. The van der Waals surface area contributed by atoms with Crippen LogP contribution in [0.4, 0.5) is 10.1 Å². The summed E-state index contributed by atoms with van der Waals surface area (Å²) in [5.74, 6) is 0.799. The number of nitrogens with zero attached hydrogens (tertiary/aromatic N) is 1. The number of halogens is 1. The van der Waals surface area contributed by atoms with Gasteiger partial charge in [-0.1, -0.05) is 0 Å². The molecule has 0 amide bonds. The fourth-order valence-electron chi connectivity index (χ4n) is 1.27. The van der Waals surface area contributed by atoms with Crippen molar-refractivity contribution in [2.75, 3.05) is 12.8 Å². The molecule has 0 saturated carbocycles. The minimum absolute atomic E-state index is 0.0876. The van der Waals surface area contributed by atoms with Gasteiger partial charge in [0.15, 0.2) is 0 Å². The highest BCUT2D eigenvalue weighted by atomic mass is 19.1. The second-order valence-electron chi connectivity index (χ2n) is 3.32. The Labute approximate surface area is 97.8 Å². The van der Waals surface area contributed by atoms with E-state index in [0.29, 0.717) is 17.4 Å². The highest BCUT2D eigenvalue weighted by molar-refractivity contribution is 5.44. The first-order chi connectivity index (χ1) is 8.19. The highest BCUT2D eigenvalue weighted by Crippen LogP contribution is 2.25. The maximum Gasteiger partial charge on any atom is 0.216 e. The molecule has 0 fully saturated rings. The van der Waals surface area contributed by atoms with Crippen LogP contribution in [0.25, 0.3) is 0 Å². The Morgan fingerprint density at radius 3 is 2.65 bits per heavy atom. The minimum Gasteiger partial charge on any atom is -0.481 e. The zero-order chi connectivity index (χ0) is 12.3. The molecule has 1 aromatic heterocycles. The molecule has 88 valence electrons. The van der Waals surface area contributed by atoms with Crippen LogP contribution in [-0.4, -0.2) is 12.1 Å². The fourth-order valence-corrected chi connectivity index (χ4v) is 1.27. The molecule has 0 aliphatic heterocycles. The van der Waals surface area contributed by atoms with Gasteiger partial charge in [0.2, 0.25) is 5.88 Å². The Balaban J connectivity index is 2.22. The van der Waals surface area contributed by atoms with Gasteiger partial charge in [-0.05, 0) is 18.2 Å². The lowest BCUT2D eigenvalue weighted by atomic mass is 10.3. The third-order valence-corrected chi connectivity index (χ3v) is 2.12. The lowest BCUT2D eigenvalue weighted by Gasteiger charge is -2.07. The molecule has 2 aromatic rings. The third-order valence-electron chi connectivity index (χ3n) is 2.12. The van der Waals surface area contributed by atoms with Crippen LogP contribution in [0, 0.1) is 5.82 Å². The first-order valence-corrected chi connectivity index (χ1v) is 4.92. The van der Waals surface area contributed by atoms with Gasteiger partial charge in [-0.3, -0.25) is 0 Å². The van der Waals surface area contributed by atoms with Crippen molar-refractivity contribution < 1.29 is 13.9 Å². The fraction of sp³-hybridized carbons (Fsp3) is 0.0833. The van der Waals surface area contributed by atoms with Gasteiger partial charge < -0.3 is 15.2 Å². The van der Waals surface area contributed by atoms with Crippen molar-refractivity contribution >= 4 is 5.69 Å². The Morgan fingerprint density at radius 1 is 1.18 bits per heavy atom. The molecular formula is C12H11FN2O2. The molecule has 1 aromatic carbocycles. The summed E-state index contributed by atoms with van der Waals surface area (Å²) in [6, 6.07) is 7.52. The summed E-state index contributed by atoms with van der Waals surface area (Å²) < 4.78 is 23.6. The van der Waals surface area contributed by atoms with Crippen molar-refractivity contribution in [3.05, 3.63) is 42.3 Å². The molecule has 0 aliphatic rings. The largest absolute Gasteiger partial charge is 0.481 e. The summed E-state index contributed by atoms with van der Waals surface area (Å²) >= 11 is 0. The molecule has 0 atom stereocenters. The molecule has 0 radical (unpaired) electrons. The summed E-state index contributed by atoms with van der Waals surface area (Å²) in [6.07, 6.45) is 1.54. The first kappa shape index (κ1) is 11.2. The summed E-state index contributed by atoms with van der Waals surface area (Å²) in [4.78, 5) is 3.93. The second-order valence-corrected chi connectivity index (χ2v) is 3.32. The third kappa shape index (κ3) is 2.63. The summed E-state index contributed by atoms with van der Waals surface area (Å²) in [5.41, 5.74) is 5.45. The molecule has 2 rings (SSSR count).